The Morgan fingerprint density at radius 3 is 2.29 bits per heavy atom. The highest BCUT2D eigenvalue weighted by Crippen LogP contribution is 2.39. The second kappa shape index (κ2) is 8.60. The van der Waals surface area contributed by atoms with Gasteiger partial charge in [-0.25, -0.2) is 0 Å². The molecular weight excluding hydrogens is 429 g/mol. The Bertz CT molecular complexity index is 1230. The first-order valence-electron chi connectivity index (χ1n) is 10.5. The van der Waals surface area contributed by atoms with Crippen molar-refractivity contribution >= 4 is 34.1 Å². The van der Waals surface area contributed by atoms with E-state index in [9.17, 15) is 0 Å². The van der Waals surface area contributed by atoms with Gasteiger partial charge in [0.2, 0.25) is 0 Å². The number of rotatable bonds is 6. The van der Waals surface area contributed by atoms with Crippen molar-refractivity contribution in [3.05, 3.63) is 68.1 Å². The summed E-state index contributed by atoms with van der Waals surface area (Å²) in [6.45, 7) is 10.8. The fourth-order valence-electron chi connectivity index (χ4n) is 4.34. The zero-order valence-corrected chi connectivity index (χ0v) is 20.1. The molecule has 162 valence electrons. The first-order valence-corrected chi connectivity index (χ1v) is 11.2. The van der Waals surface area contributed by atoms with Crippen LogP contribution in [0.2, 0.25) is 10.0 Å². The minimum atomic E-state index is 0.646. The van der Waals surface area contributed by atoms with E-state index < -0.39 is 0 Å². The Balaban J connectivity index is 1.57. The number of aryl methyl sites for hydroxylation is 6. The number of ether oxygens (including phenoxy) is 1. The summed E-state index contributed by atoms with van der Waals surface area (Å²) in [5, 5.41) is 10.2. The topological polar surface area (TPSA) is 53.7 Å². The van der Waals surface area contributed by atoms with Crippen LogP contribution in [0.25, 0.3) is 22.0 Å². The van der Waals surface area contributed by atoms with E-state index in [1.54, 1.807) is 0 Å². The van der Waals surface area contributed by atoms with E-state index in [4.69, 9.17) is 27.9 Å². The third-order valence-electron chi connectivity index (χ3n) is 5.87. The summed E-state index contributed by atoms with van der Waals surface area (Å²) in [5.74, 6) is 0.870. The fraction of sp³-hybridized carbons (Fsp3) is 0.320. The van der Waals surface area contributed by atoms with Crippen LogP contribution < -0.4 is 4.74 Å². The normalized spacial score (nSPS) is 11.5. The molecule has 2 aromatic heterocycles. The number of H-pyrrole nitrogens is 2. The quantitative estimate of drug-likeness (QED) is 0.297. The molecule has 31 heavy (non-hydrogen) atoms. The number of halogens is 2. The maximum absolute atomic E-state index is 6.64. The Morgan fingerprint density at radius 1 is 0.935 bits per heavy atom. The first-order chi connectivity index (χ1) is 14.8. The van der Waals surface area contributed by atoms with E-state index in [2.05, 4.69) is 28.2 Å². The molecule has 2 heterocycles. The zero-order chi connectivity index (χ0) is 22.3. The lowest BCUT2D eigenvalue weighted by Crippen LogP contribution is -2.00. The van der Waals surface area contributed by atoms with Crippen LogP contribution in [0.3, 0.4) is 0 Å². The van der Waals surface area contributed by atoms with Gasteiger partial charge in [-0.15, -0.1) is 0 Å². The summed E-state index contributed by atoms with van der Waals surface area (Å²) >= 11 is 12.9. The van der Waals surface area contributed by atoms with Crippen LogP contribution >= 0.6 is 23.2 Å². The second-order valence-corrected chi connectivity index (χ2v) is 8.99. The molecule has 0 unspecified atom stereocenters. The molecule has 2 N–H and O–H groups in total. The van der Waals surface area contributed by atoms with E-state index >= 15 is 0 Å². The molecule has 4 rings (SSSR count). The number of nitrogens with one attached hydrogen (secondary N) is 2. The molecular formula is C25H27Cl2N3O. The largest absolute Gasteiger partial charge is 0.494 e. The average Bonchev–Trinajstić information content (AvgIpc) is 3.22. The summed E-state index contributed by atoms with van der Waals surface area (Å²) < 4.78 is 6.00. The van der Waals surface area contributed by atoms with Crippen LogP contribution in [0.4, 0.5) is 0 Å². The minimum Gasteiger partial charge on any atom is -0.494 e. The summed E-state index contributed by atoms with van der Waals surface area (Å²) in [6, 6.07) is 8.08. The Labute approximate surface area is 192 Å². The highest BCUT2D eigenvalue weighted by atomic mass is 35.5. The van der Waals surface area contributed by atoms with Crippen LogP contribution in [0, 0.1) is 34.6 Å². The Kier molecular flexibility index (Phi) is 6.05. The van der Waals surface area contributed by atoms with Gasteiger partial charge in [-0.3, -0.25) is 5.10 Å². The van der Waals surface area contributed by atoms with Crippen LogP contribution in [0.5, 0.6) is 5.75 Å². The van der Waals surface area contributed by atoms with Gasteiger partial charge >= 0.3 is 0 Å². The predicted molar refractivity (Wildman–Crippen MR) is 130 cm³/mol. The molecule has 0 aliphatic carbocycles. The van der Waals surface area contributed by atoms with E-state index in [0.717, 1.165) is 73.5 Å². The van der Waals surface area contributed by atoms with E-state index in [-0.39, 0.29) is 0 Å². The molecule has 0 aliphatic rings. The summed E-state index contributed by atoms with van der Waals surface area (Å²) in [7, 11) is 0. The summed E-state index contributed by atoms with van der Waals surface area (Å²) in [5.41, 5.74) is 9.66. The van der Waals surface area contributed by atoms with Gasteiger partial charge < -0.3 is 9.72 Å². The van der Waals surface area contributed by atoms with Gasteiger partial charge in [0.1, 0.15) is 5.75 Å². The lowest BCUT2D eigenvalue weighted by atomic mass is 9.98. The van der Waals surface area contributed by atoms with Gasteiger partial charge in [-0.05, 0) is 82.3 Å². The molecule has 0 spiro atoms. The van der Waals surface area contributed by atoms with Crippen molar-refractivity contribution in [1.82, 2.24) is 15.2 Å². The Hall–Kier alpha value is -2.43. The third-order valence-corrected chi connectivity index (χ3v) is 6.78. The second-order valence-electron chi connectivity index (χ2n) is 8.21. The van der Waals surface area contributed by atoms with E-state index in [0.29, 0.717) is 6.61 Å². The predicted octanol–water partition coefficient (Wildman–Crippen LogP) is 7.42. The highest BCUT2D eigenvalue weighted by Gasteiger charge is 2.19. The average molecular weight is 456 g/mol. The number of hydrogen-bond acceptors (Lipinski definition) is 2. The molecule has 0 fully saturated rings. The Morgan fingerprint density at radius 2 is 1.65 bits per heavy atom. The van der Waals surface area contributed by atoms with Crippen LogP contribution in [-0.2, 0) is 6.42 Å². The number of fused-ring (bicyclic) bond motifs is 1. The number of nitrogens with zero attached hydrogens (tertiary/aromatic N) is 1. The van der Waals surface area contributed by atoms with Crippen molar-refractivity contribution in [1.29, 1.82) is 0 Å². The maximum atomic E-state index is 6.64. The summed E-state index contributed by atoms with van der Waals surface area (Å²) in [4.78, 5) is 3.58. The van der Waals surface area contributed by atoms with Crippen molar-refractivity contribution < 1.29 is 4.74 Å². The van der Waals surface area contributed by atoms with Crippen molar-refractivity contribution in [2.24, 2.45) is 0 Å². The smallest absolute Gasteiger partial charge is 0.119 e. The molecule has 0 saturated carbocycles. The van der Waals surface area contributed by atoms with Crippen molar-refractivity contribution in [3.63, 3.8) is 0 Å². The number of benzene rings is 2. The van der Waals surface area contributed by atoms with Gasteiger partial charge in [-0.1, -0.05) is 29.3 Å². The fourth-order valence-corrected chi connectivity index (χ4v) is 4.70. The van der Waals surface area contributed by atoms with E-state index in [1.165, 1.54) is 10.9 Å². The SMILES string of the molecule is Cc1cc(OCCCc2c(C)[nH]c3c(-c4c(C)n[nH]c4C)c(Cl)ccc23)cc(C)c1Cl. The standard InChI is InChI=1S/C25H27Cl2N3O/c1-13-11-18(12-14(2)24(13)27)31-10-6-7-19-15(3)28-25-20(19)8-9-21(26)23(25)22-16(4)29-30-17(22)5/h8-9,11-12,28H,6-7,10H2,1-5H3,(H,29,30). The van der Waals surface area contributed by atoms with Crippen molar-refractivity contribution in [2.45, 2.75) is 47.5 Å². The maximum Gasteiger partial charge on any atom is 0.119 e. The molecule has 4 nitrogen and oxygen atoms in total. The number of aromatic nitrogens is 3. The summed E-state index contributed by atoms with van der Waals surface area (Å²) in [6.07, 6.45) is 1.83. The lowest BCUT2D eigenvalue weighted by Gasteiger charge is -2.10. The first kappa shape index (κ1) is 21.8. The molecule has 6 heteroatoms. The highest BCUT2D eigenvalue weighted by molar-refractivity contribution is 6.35. The van der Waals surface area contributed by atoms with Gasteiger partial charge in [0.25, 0.3) is 0 Å². The van der Waals surface area contributed by atoms with Crippen molar-refractivity contribution in [3.8, 4) is 16.9 Å². The number of hydrogen-bond donors (Lipinski definition) is 2. The number of aromatic amines is 2. The van der Waals surface area contributed by atoms with Crippen LogP contribution in [-0.4, -0.2) is 21.8 Å². The molecule has 4 aromatic rings. The molecule has 0 amide bonds. The molecule has 0 radical (unpaired) electrons. The third kappa shape index (κ3) is 4.07. The molecule has 0 saturated heterocycles. The van der Waals surface area contributed by atoms with Crippen LogP contribution in [0.15, 0.2) is 24.3 Å². The molecule has 2 aromatic carbocycles. The van der Waals surface area contributed by atoms with Crippen molar-refractivity contribution in [2.75, 3.05) is 6.61 Å². The zero-order valence-electron chi connectivity index (χ0n) is 18.5. The van der Waals surface area contributed by atoms with Gasteiger partial charge in [-0.2, -0.15) is 5.10 Å². The van der Waals surface area contributed by atoms with Gasteiger partial charge in [0, 0.05) is 32.9 Å². The van der Waals surface area contributed by atoms with Crippen LogP contribution in [0.1, 0.15) is 40.2 Å². The van der Waals surface area contributed by atoms with Gasteiger partial charge in [0.15, 0.2) is 0 Å². The lowest BCUT2D eigenvalue weighted by molar-refractivity contribution is 0.310. The molecule has 0 aliphatic heterocycles. The van der Waals surface area contributed by atoms with E-state index in [1.807, 2.05) is 45.9 Å². The monoisotopic (exact) mass is 455 g/mol. The molecule has 0 atom stereocenters. The van der Waals surface area contributed by atoms with Gasteiger partial charge in [0.05, 0.1) is 22.8 Å². The minimum absolute atomic E-state index is 0.646. The molecule has 0 bridgehead atoms.